The van der Waals surface area contributed by atoms with Gasteiger partial charge in [-0.05, 0) is 89.9 Å². The number of phosphoric acid groups is 1. The van der Waals surface area contributed by atoms with E-state index >= 15 is 0 Å². The SMILES string of the molecule is CC/C=C\C/C=C\C/C=C\C/C=C\C/C=C\CCCC(=O)OC[C@H](COP(=O)(O)OCC[N+](C)(C)C)OC(=O)CCCC/C=C\C/C=C\C/C=C\CCCCC. The van der Waals surface area contributed by atoms with Crippen molar-refractivity contribution in [2.24, 2.45) is 0 Å². The molecule has 0 aliphatic heterocycles. The number of carbonyl (C=O) groups excluding carboxylic acids is 2. The second-order valence-electron chi connectivity index (χ2n) is 14.6. The monoisotopic (exact) mass is 803 g/mol. The van der Waals surface area contributed by atoms with E-state index in [2.05, 4.69) is 105 Å². The molecule has 0 saturated carbocycles. The lowest BCUT2D eigenvalue weighted by Crippen LogP contribution is -2.37. The molecule has 10 heteroatoms. The van der Waals surface area contributed by atoms with E-state index in [-0.39, 0.29) is 26.1 Å². The topological polar surface area (TPSA) is 108 Å². The summed E-state index contributed by atoms with van der Waals surface area (Å²) in [7, 11) is 1.40. The maximum absolute atomic E-state index is 12.6. The molecule has 0 aromatic rings. The highest BCUT2D eigenvalue weighted by Gasteiger charge is 2.27. The minimum absolute atomic E-state index is 0.00980. The van der Waals surface area contributed by atoms with Gasteiger partial charge in [-0.25, -0.2) is 4.57 Å². The molecule has 0 fully saturated rings. The average molecular weight is 803 g/mol. The van der Waals surface area contributed by atoms with E-state index < -0.39 is 32.5 Å². The standard InChI is InChI=1S/C46H76NO8P/c1-6-8-10-12-14-16-18-20-22-23-25-26-28-30-32-34-36-38-45(48)52-42-44(43-54-56(50,51)53-41-40-47(3,4)5)55-46(49)39-37-35-33-31-29-27-24-21-19-17-15-13-11-9-7-2/h8,10,14-17,20-22,24-26,29-32,44H,6-7,9,11-13,18-19,23,27-28,33-43H2,1-5H3/p+1/b10-8-,16-14-,17-15-,22-20-,24-21-,26-25-,31-29-,32-30-/t44-/m1/s1. The van der Waals surface area contributed by atoms with Crippen molar-refractivity contribution in [2.45, 2.75) is 136 Å². The first kappa shape index (κ1) is 52.9. The van der Waals surface area contributed by atoms with Crippen LogP contribution < -0.4 is 0 Å². The zero-order valence-corrected chi connectivity index (χ0v) is 36.5. The second kappa shape index (κ2) is 37.5. The van der Waals surface area contributed by atoms with E-state index in [1.54, 1.807) is 0 Å². The normalized spacial score (nSPS) is 14.6. The van der Waals surface area contributed by atoms with Crippen LogP contribution in [0.2, 0.25) is 0 Å². The van der Waals surface area contributed by atoms with Crippen molar-refractivity contribution in [3.63, 3.8) is 0 Å². The van der Waals surface area contributed by atoms with E-state index in [1.165, 1.54) is 19.3 Å². The molecule has 56 heavy (non-hydrogen) atoms. The van der Waals surface area contributed by atoms with Crippen LogP contribution in [-0.2, 0) is 32.7 Å². The van der Waals surface area contributed by atoms with Gasteiger partial charge in [-0.2, -0.15) is 0 Å². The Balaban J connectivity index is 4.58. The molecule has 0 saturated heterocycles. The molecule has 9 nitrogen and oxygen atoms in total. The van der Waals surface area contributed by atoms with E-state index in [1.807, 2.05) is 27.2 Å². The highest BCUT2D eigenvalue weighted by Crippen LogP contribution is 2.43. The van der Waals surface area contributed by atoms with Crippen LogP contribution in [0.15, 0.2) is 97.2 Å². The Bertz CT molecular complexity index is 1270. The smallest absolute Gasteiger partial charge is 0.462 e. The zero-order valence-electron chi connectivity index (χ0n) is 35.6. The molecule has 0 spiro atoms. The van der Waals surface area contributed by atoms with Crippen molar-refractivity contribution in [1.29, 1.82) is 0 Å². The summed E-state index contributed by atoms with van der Waals surface area (Å²) in [6.45, 7) is 4.13. The fourth-order valence-electron chi connectivity index (χ4n) is 4.82. The van der Waals surface area contributed by atoms with Gasteiger partial charge in [0.15, 0.2) is 6.10 Å². The summed E-state index contributed by atoms with van der Waals surface area (Å²) >= 11 is 0. The Morgan fingerprint density at radius 2 is 1.02 bits per heavy atom. The number of nitrogens with zero attached hydrogens (tertiary/aromatic N) is 1. The number of hydrogen-bond acceptors (Lipinski definition) is 7. The molecular formula is C46H77NO8P+. The third kappa shape index (κ3) is 40.6. The molecule has 0 bridgehead atoms. The minimum atomic E-state index is -4.40. The molecule has 318 valence electrons. The number of hydrogen-bond donors (Lipinski definition) is 1. The molecule has 0 rings (SSSR count). The zero-order chi connectivity index (χ0) is 41.4. The lowest BCUT2D eigenvalue weighted by molar-refractivity contribution is -0.870. The number of allylic oxidation sites excluding steroid dienone is 16. The van der Waals surface area contributed by atoms with Crippen molar-refractivity contribution < 1.29 is 42.1 Å². The van der Waals surface area contributed by atoms with Gasteiger partial charge in [0.2, 0.25) is 0 Å². The van der Waals surface area contributed by atoms with Crippen LogP contribution in [0, 0.1) is 0 Å². The number of ether oxygens (including phenoxy) is 2. The van der Waals surface area contributed by atoms with E-state index in [4.69, 9.17) is 18.5 Å². The third-order valence-corrected chi connectivity index (χ3v) is 9.08. The van der Waals surface area contributed by atoms with Gasteiger partial charge in [0.1, 0.15) is 19.8 Å². The predicted octanol–water partition coefficient (Wildman–Crippen LogP) is 11.8. The molecule has 2 atom stereocenters. The van der Waals surface area contributed by atoms with Crippen LogP contribution in [0.5, 0.6) is 0 Å². The van der Waals surface area contributed by atoms with E-state index in [9.17, 15) is 19.0 Å². The second-order valence-corrected chi connectivity index (χ2v) is 16.1. The maximum Gasteiger partial charge on any atom is 0.472 e. The summed E-state index contributed by atoms with van der Waals surface area (Å²) in [6.07, 6.45) is 49.0. The fraction of sp³-hybridized carbons (Fsp3) is 0.609. The fourth-order valence-corrected chi connectivity index (χ4v) is 5.56. The van der Waals surface area contributed by atoms with Crippen LogP contribution in [0.25, 0.3) is 0 Å². The first-order valence-corrected chi connectivity index (χ1v) is 22.5. The van der Waals surface area contributed by atoms with E-state index in [0.29, 0.717) is 23.9 Å². The molecule has 0 heterocycles. The van der Waals surface area contributed by atoms with Gasteiger partial charge in [-0.1, -0.05) is 124 Å². The first-order chi connectivity index (χ1) is 27.0. The van der Waals surface area contributed by atoms with Gasteiger partial charge in [0, 0.05) is 12.8 Å². The predicted molar refractivity (Wildman–Crippen MR) is 233 cm³/mol. The van der Waals surface area contributed by atoms with Crippen molar-refractivity contribution >= 4 is 19.8 Å². The summed E-state index contributed by atoms with van der Waals surface area (Å²) < 4.78 is 34.1. The first-order valence-electron chi connectivity index (χ1n) is 21.0. The summed E-state index contributed by atoms with van der Waals surface area (Å²) in [5.41, 5.74) is 0. The van der Waals surface area contributed by atoms with Crippen LogP contribution in [0.1, 0.15) is 129 Å². The summed E-state index contributed by atoms with van der Waals surface area (Å²) in [5, 5.41) is 0. The molecule has 0 aliphatic carbocycles. The molecule has 0 aromatic carbocycles. The molecule has 0 aromatic heterocycles. The summed E-state index contributed by atoms with van der Waals surface area (Å²) in [4.78, 5) is 35.3. The number of quaternary nitrogens is 1. The number of rotatable bonds is 36. The van der Waals surface area contributed by atoms with Crippen LogP contribution in [0.3, 0.4) is 0 Å². The molecule has 0 radical (unpaired) electrons. The molecule has 0 aliphatic rings. The number of unbranched alkanes of at least 4 members (excludes halogenated alkanes) is 6. The number of carbonyl (C=O) groups is 2. The largest absolute Gasteiger partial charge is 0.472 e. The number of esters is 2. The quantitative estimate of drug-likeness (QED) is 0.0219. The Hall–Kier alpha value is -3.07. The van der Waals surface area contributed by atoms with Crippen molar-refractivity contribution in [1.82, 2.24) is 0 Å². The van der Waals surface area contributed by atoms with Crippen molar-refractivity contribution in [2.75, 3.05) is 47.5 Å². The van der Waals surface area contributed by atoms with E-state index in [0.717, 1.165) is 70.6 Å². The Kier molecular flexibility index (Phi) is 35.4. The molecular weight excluding hydrogens is 725 g/mol. The van der Waals surface area contributed by atoms with Gasteiger partial charge >= 0.3 is 19.8 Å². The van der Waals surface area contributed by atoms with Crippen molar-refractivity contribution in [3.05, 3.63) is 97.2 Å². The Morgan fingerprint density at radius 1 is 0.571 bits per heavy atom. The highest BCUT2D eigenvalue weighted by atomic mass is 31.2. The van der Waals surface area contributed by atoms with Gasteiger partial charge in [-0.15, -0.1) is 0 Å². The Morgan fingerprint density at radius 3 is 1.50 bits per heavy atom. The third-order valence-electron chi connectivity index (χ3n) is 8.10. The van der Waals surface area contributed by atoms with Crippen LogP contribution >= 0.6 is 7.82 Å². The van der Waals surface area contributed by atoms with Gasteiger partial charge in [0.25, 0.3) is 0 Å². The van der Waals surface area contributed by atoms with Gasteiger partial charge in [-0.3, -0.25) is 18.6 Å². The highest BCUT2D eigenvalue weighted by molar-refractivity contribution is 7.47. The molecule has 0 amide bonds. The van der Waals surface area contributed by atoms with Crippen LogP contribution in [-0.4, -0.2) is 74.9 Å². The number of phosphoric ester groups is 1. The summed E-state index contributed by atoms with van der Waals surface area (Å²) in [5.74, 6) is -0.924. The number of likely N-dealkylation sites (N-methyl/N-ethyl adjacent to an activating group) is 1. The lowest BCUT2D eigenvalue weighted by Gasteiger charge is -2.24. The van der Waals surface area contributed by atoms with Crippen LogP contribution in [0.4, 0.5) is 0 Å². The van der Waals surface area contributed by atoms with Gasteiger partial charge < -0.3 is 18.9 Å². The Labute approximate surface area is 341 Å². The molecule has 1 unspecified atom stereocenters. The minimum Gasteiger partial charge on any atom is -0.462 e. The van der Waals surface area contributed by atoms with Gasteiger partial charge in [0.05, 0.1) is 27.7 Å². The van der Waals surface area contributed by atoms with Crippen molar-refractivity contribution in [3.8, 4) is 0 Å². The lowest BCUT2D eigenvalue weighted by atomic mass is 10.1. The molecule has 1 N–H and O–H groups in total. The summed E-state index contributed by atoms with van der Waals surface area (Å²) in [6, 6.07) is 0. The maximum atomic E-state index is 12.6. The average Bonchev–Trinajstić information content (AvgIpc) is 3.15.